The predicted octanol–water partition coefficient (Wildman–Crippen LogP) is 0.978. The van der Waals surface area contributed by atoms with Crippen molar-refractivity contribution in [3.05, 3.63) is 0 Å². The van der Waals surface area contributed by atoms with Gasteiger partial charge in [0.1, 0.15) is 5.54 Å². The minimum Gasteiger partial charge on any atom is -0.381 e. The number of amides is 1. The van der Waals surface area contributed by atoms with Gasteiger partial charge in [0.25, 0.3) is 0 Å². The van der Waals surface area contributed by atoms with Gasteiger partial charge >= 0.3 is 0 Å². The van der Waals surface area contributed by atoms with Crippen LogP contribution < -0.4 is 11.1 Å². The third kappa shape index (κ3) is 3.96. The summed E-state index contributed by atoms with van der Waals surface area (Å²) in [7, 11) is 4.04. The van der Waals surface area contributed by atoms with Crippen LogP contribution in [0.25, 0.3) is 0 Å². The molecule has 2 fully saturated rings. The molecule has 0 radical (unpaired) electrons. The molecule has 5 heteroatoms. The zero-order valence-electron chi connectivity index (χ0n) is 13.6. The molecule has 1 saturated carbocycles. The number of rotatable bonds is 7. The van der Waals surface area contributed by atoms with E-state index in [-0.39, 0.29) is 5.91 Å². The molecule has 1 heterocycles. The molecule has 21 heavy (non-hydrogen) atoms. The third-order valence-corrected chi connectivity index (χ3v) is 5.39. The molecule has 3 atom stereocenters. The molecule has 5 nitrogen and oxygen atoms in total. The van der Waals surface area contributed by atoms with E-state index in [2.05, 4.69) is 17.3 Å². The summed E-state index contributed by atoms with van der Waals surface area (Å²) in [6, 6.07) is 0. The molecule has 3 N–H and O–H groups in total. The Morgan fingerprint density at radius 3 is 2.86 bits per heavy atom. The van der Waals surface area contributed by atoms with Crippen LogP contribution in [0, 0.1) is 11.8 Å². The van der Waals surface area contributed by atoms with Crippen molar-refractivity contribution in [2.75, 3.05) is 40.4 Å². The molecule has 1 amide bonds. The topological polar surface area (TPSA) is 67.6 Å². The summed E-state index contributed by atoms with van der Waals surface area (Å²) in [6.45, 7) is 3.94. The first-order chi connectivity index (χ1) is 10.1. The number of likely N-dealkylation sites (N-methyl/N-ethyl adjacent to an activating group) is 1. The average Bonchev–Trinajstić information content (AvgIpc) is 2.90. The maximum Gasteiger partial charge on any atom is 0.238 e. The lowest BCUT2D eigenvalue weighted by Gasteiger charge is -2.34. The van der Waals surface area contributed by atoms with E-state index in [9.17, 15) is 4.79 Å². The molecule has 0 aromatic heterocycles. The summed E-state index contributed by atoms with van der Waals surface area (Å²) in [6.07, 6.45) is 6.57. The zero-order chi connectivity index (χ0) is 15.3. The maximum absolute atomic E-state index is 11.9. The van der Waals surface area contributed by atoms with Gasteiger partial charge < -0.3 is 20.7 Å². The molecular formula is C16H31N3O2. The number of carbonyl (C=O) groups is 1. The second-order valence-electron chi connectivity index (χ2n) is 6.81. The third-order valence-electron chi connectivity index (χ3n) is 5.39. The molecule has 0 spiro atoms. The first-order valence-corrected chi connectivity index (χ1v) is 8.33. The first-order valence-electron chi connectivity index (χ1n) is 8.33. The Bertz CT molecular complexity index is 344. The number of hydrogen-bond acceptors (Lipinski definition) is 4. The van der Waals surface area contributed by atoms with Gasteiger partial charge in [0, 0.05) is 13.2 Å². The average molecular weight is 297 g/mol. The minimum atomic E-state index is -0.477. The van der Waals surface area contributed by atoms with Crippen molar-refractivity contribution < 1.29 is 9.53 Å². The van der Waals surface area contributed by atoms with E-state index in [0.29, 0.717) is 11.8 Å². The Morgan fingerprint density at radius 1 is 1.43 bits per heavy atom. The van der Waals surface area contributed by atoms with E-state index >= 15 is 0 Å². The fourth-order valence-electron chi connectivity index (χ4n) is 4.10. The standard InChI is InChI=1S/C16H31N3O2/c1-18-16(15(17)20)8-3-6-14(16)7-9-19(2)11-13-5-4-10-21-12-13/h13-14,18H,3-12H2,1-2H3,(H2,17,20). The summed E-state index contributed by atoms with van der Waals surface area (Å²) in [4.78, 5) is 14.2. The van der Waals surface area contributed by atoms with Crippen molar-refractivity contribution in [1.82, 2.24) is 10.2 Å². The lowest BCUT2D eigenvalue weighted by Crippen LogP contribution is -2.56. The highest BCUT2D eigenvalue weighted by Gasteiger charge is 2.46. The van der Waals surface area contributed by atoms with Crippen LogP contribution in [0.4, 0.5) is 0 Å². The van der Waals surface area contributed by atoms with Gasteiger partial charge in [0.2, 0.25) is 5.91 Å². The second-order valence-corrected chi connectivity index (χ2v) is 6.81. The monoisotopic (exact) mass is 297 g/mol. The van der Waals surface area contributed by atoms with Gasteiger partial charge in [-0.25, -0.2) is 0 Å². The van der Waals surface area contributed by atoms with Gasteiger partial charge in [-0.2, -0.15) is 0 Å². The lowest BCUT2D eigenvalue weighted by atomic mass is 9.84. The van der Waals surface area contributed by atoms with Crippen molar-refractivity contribution in [2.24, 2.45) is 17.6 Å². The van der Waals surface area contributed by atoms with E-state index in [4.69, 9.17) is 10.5 Å². The summed E-state index contributed by atoms with van der Waals surface area (Å²) in [5.41, 5.74) is 5.18. The Labute approximate surface area is 128 Å². The van der Waals surface area contributed by atoms with Crippen molar-refractivity contribution in [2.45, 2.75) is 44.1 Å². The minimum absolute atomic E-state index is 0.184. The van der Waals surface area contributed by atoms with Crippen LogP contribution >= 0.6 is 0 Å². The van der Waals surface area contributed by atoms with Crippen LogP contribution in [0.2, 0.25) is 0 Å². The molecule has 1 aliphatic carbocycles. The molecule has 0 bridgehead atoms. The number of ether oxygens (including phenoxy) is 1. The molecule has 3 unspecified atom stereocenters. The smallest absolute Gasteiger partial charge is 0.238 e. The molecule has 2 rings (SSSR count). The van der Waals surface area contributed by atoms with Gasteiger partial charge in [-0.1, -0.05) is 6.42 Å². The highest BCUT2D eigenvalue weighted by Crippen LogP contribution is 2.37. The molecular weight excluding hydrogens is 266 g/mol. The Balaban J connectivity index is 1.79. The van der Waals surface area contributed by atoms with E-state index < -0.39 is 5.54 Å². The fourth-order valence-corrected chi connectivity index (χ4v) is 4.10. The maximum atomic E-state index is 11.9. The van der Waals surface area contributed by atoms with Crippen molar-refractivity contribution in [3.8, 4) is 0 Å². The summed E-state index contributed by atoms with van der Waals surface area (Å²) in [5.74, 6) is 0.846. The highest BCUT2D eigenvalue weighted by molar-refractivity contribution is 5.85. The SMILES string of the molecule is CNC1(C(N)=O)CCCC1CCN(C)CC1CCCOC1. The number of hydrogen-bond donors (Lipinski definition) is 2. The van der Waals surface area contributed by atoms with Crippen LogP contribution in [0.15, 0.2) is 0 Å². The molecule has 0 aromatic rings. The second kappa shape index (κ2) is 7.56. The fraction of sp³-hybridized carbons (Fsp3) is 0.938. The van der Waals surface area contributed by atoms with E-state index in [1.54, 1.807) is 0 Å². The van der Waals surface area contributed by atoms with Gasteiger partial charge in [0.05, 0.1) is 6.61 Å². The lowest BCUT2D eigenvalue weighted by molar-refractivity contribution is -0.125. The van der Waals surface area contributed by atoms with Crippen LogP contribution in [-0.2, 0) is 9.53 Å². The number of primary amides is 1. The van der Waals surface area contributed by atoms with Gasteiger partial charge in [0.15, 0.2) is 0 Å². The molecule has 2 aliphatic rings. The van der Waals surface area contributed by atoms with Crippen LogP contribution in [0.1, 0.15) is 38.5 Å². The van der Waals surface area contributed by atoms with Crippen molar-refractivity contribution >= 4 is 5.91 Å². The van der Waals surface area contributed by atoms with Crippen LogP contribution in [0.5, 0.6) is 0 Å². The van der Waals surface area contributed by atoms with E-state index in [1.165, 1.54) is 12.8 Å². The summed E-state index contributed by atoms with van der Waals surface area (Å²) in [5, 5.41) is 3.22. The molecule has 1 saturated heterocycles. The van der Waals surface area contributed by atoms with Crippen molar-refractivity contribution in [3.63, 3.8) is 0 Å². The van der Waals surface area contributed by atoms with Crippen LogP contribution in [0.3, 0.4) is 0 Å². The summed E-state index contributed by atoms with van der Waals surface area (Å²) >= 11 is 0. The van der Waals surface area contributed by atoms with Gasteiger partial charge in [-0.3, -0.25) is 4.79 Å². The highest BCUT2D eigenvalue weighted by atomic mass is 16.5. The number of carbonyl (C=O) groups excluding carboxylic acids is 1. The molecule has 122 valence electrons. The van der Waals surface area contributed by atoms with Gasteiger partial charge in [-0.05, 0) is 64.6 Å². The van der Waals surface area contributed by atoms with Gasteiger partial charge in [-0.15, -0.1) is 0 Å². The normalized spacial score (nSPS) is 33.5. The summed E-state index contributed by atoms with van der Waals surface area (Å²) < 4.78 is 5.54. The Kier molecular flexibility index (Phi) is 6.02. The number of nitrogens with two attached hydrogens (primary N) is 1. The van der Waals surface area contributed by atoms with Crippen molar-refractivity contribution in [1.29, 1.82) is 0 Å². The predicted molar refractivity (Wildman–Crippen MR) is 84.0 cm³/mol. The number of nitrogens with one attached hydrogen (secondary N) is 1. The largest absolute Gasteiger partial charge is 0.381 e. The van der Waals surface area contributed by atoms with E-state index in [0.717, 1.165) is 52.0 Å². The van der Waals surface area contributed by atoms with Crippen LogP contribution in [-0.4, -0.2) is 56.7 Å². The molecule has 1 aliphatic heterocycles. The zero-order valence-corrected chi connectivity index (χ0v) is 13.6. The first kappa shape index (κ1) is 16.7. The Morgan fingerprint density at radius 2 is 2.24 bits per heavy atom. The molecule has 0 aromatic carbocycles. The quantitative estimate of drug-likeness (QED) is 0.735. The Hall–Kier alpha value is -0.650. The number of nitrogens with zero attached hydrogens (tertiary/aromatic N) is 1. The van der Waals surface area contributed by atoms with E-state index in [1.807, 2.05) is 7.05 Å².